The molecule has 0 aromatic carbocycles. The molecule has 1 aliphatic carbocycles. The van der Waals surface area contributed by atoms with Crippen molar-refractivity contribution < 1.29 is 4.74 Å². The Morgan fingerprint density at radius 1 is 1.22 bits per heavy atom. The largest absolute Gasteiger partial charge is 0.376 e. The molecule has 1 saturated carbocycles. The van der Waals surface area contributed by atoms with Crippen molar-refractivity contribution in [3.8, 4) is 0 Å². The van der Waals surface area contributed by atoms with Crippen LogP contribution in [0.25, 0.3) is 0 Å². The minimum atomic E-state index is 0.483. The molecule has 0 aliphatic heterocycles. The SMILES string of the molecule is CNc1cccc(NCCOC2CCCCC2)n1. The minimum Gasteiger partial charge on any atom is -0.376 e. The number of ether oxygens (including phenoxy) is 1. The van der Waals surface area contributed by atoms with E-state index in [-0.39, 0.29) is 0 Å². The Kier molecular flexibility index (Phi) is 5.27. The molecule has 1 aliphatic rings. The Morgan fingerprint density at radius 2 is 2.00 bits per heavy atom. The van der Waals surface area contributed by atoms with E-state index in [0.29, 0.717) is 6.10 Å². The van der Waals surface area contributed by atoms with Gasteiger partial charge in [0.2, 0.25) is 0 Å². The third-order valence-electron chi connectivity index (χ3n) is 3.32. The van der Waals surface area contributed by atoms with Crippen LogP contribution in [0.5, 0.6) is 0 Å². The first kappa shape index (κ1) is 13.1. The van der Waals surface area contributed by atoms with E-state index in [1.54, 1.807) is 0 Å². The van der Waals surface area contributed by atoms with Gasteiger partial charge in [0.1, 0.15) is 11.6 Å². The Morgan fingerprint density at radius 3 is 2.78 bits per heavy atom. The number of hydrogen-bond acceptors (Lipinski definition) is 4. The highest BCUT2D eigenvalue weighted by Gasteiger charge is 2.12. The lowest BCUT2D eigenvalue weighted by Crippen LogP contribution is -2.20. The van der Waals surface area contributed by atoms with E-state index in [4.69, 9.17) is 4.74 Å². The van der Waals surface area contributed by atoms with Gasteiger partial charge in [0.25, 0.3) is 0 Å². The van der Waals surface area contributed by atoms with Crippen LogP contribution < -0.4 is 10.6 Å². The van der Waals surface area contributed by atoms with Crippen LogP contribution >= 0.6 is 0 Å². The number of pyridine rings is 1. The molecule has 0 spiro atoms. The summed E-state index contributed by atoms with van der Waals surface area (Å²) >= 11 is 0. The molecule has 1 aromatic rings. The van der Waals surface area contributed by atoms with Gasteiger partial charge in [0.15, 0.2) is 0 Å². The van der Waals surface area contributed by atoms with Crippen LogP contribution in [-0.4, -0.2) is 31.3 Å². The van der Waals surface area contributed by atoms with Crippen molar-refractivity contribution in [2.75, 3.05) is 30.8 Å². The molecule has 0 atom stereocenters. The van der Waals surface area contributed by atoms with Crippen LogP contribution in [0.1, 0.15) is 32.1 Å². The number of nitrogens with zero attached hydrogens (tertiary/aromatic N) is 1. The maximum absolute atomic E-state index is 5.86. The van der Waals surface area contributed by atoms with E-state index in [1.165, 1.54) is 32.1 Å². The molecule has 2 rings (SSSR count). The summed E-state index contributed by atoms with van der Waals surface area (Å²) < 4.78 is 5.86. The third-order valence-corrected chi connectivity index (χ3v) is 3.32. The Hall–Kier alpha value is -1.29. The molecular formula is C14H23N3O. The molecule has 4 nitrogen and oxygen atoms in total. The monoisotopic (exact) mass is 249 g/mol. The van der Waals surface area contributed by atoms with Crippen LogP contribution in [0.4, 0.5) is 11.6 Å². The van der Waals surface area contributed by atoms with Crippen molar-refractivity contribution in [1.29, 1.82) is 0 Å². The summed E-state index contributed by atoms with van der Waals surface area (Å²) in [5.74, 6) is 1.78. The quantitative estimate of drug-likeness (QED) is 0.761. The molecule has 18 heavy (non-hydrogen) atoms. The average molecular weight is 249 g/mol. The van der Waals surface area contributed by atoms with Gasteiger partial charge < -0.3 is 15.4 Å². The summed E-state index contributed by atoms with van der Waals surface area (Å²) in [5.41, 5.74) is 0. The van der Waals surface area contributed by atoms with Crippen LogP contribution in [0.15, 0.2) is 18.2 Å². The molecule has 0 unspecified atom stereocenters. The van der Waals surface area contributed by atoms with Gasteiger partial charge in [0, 0.05) is 13.6 Å². The fourth-order valence-corrected chi connectivity index (χ4v) is 2.31. The summed E-state index contributed by atoms with van der Waals surface area (Å²) in [6.07, 6.45) is 6.96. The number of hydrogen-bond donors (Lipinski definition) is 2. The molecule has 1 fully saturated rings. The maximum Gasteiger partial charge on any atom is 0.128 e. The molecule has 4 heteroatoms. The molecule has 1 aromatic heterocycles. The standard InChI is InChI=1S/C14H23N3O/c1-15-13-8-5-9-14(17-13)16-10-11-18-12-6-3-2-4-7-12/h5,8-9,12H,2-4,6-7,10-11H2,1H3,(H2,15,16,17). The van der Waals surface area contributed by atoms with E-state index in [0.717, 1.165) is 24.8 Å². The van der Waals surface area contributed by atoms with E-state index in [1.807, 2.05) is 25.2 Å². The molecule has 0 radical (unpaired) electrons. The first-order chi connectivity index (χ1) is 8.88. The van der Waals surface area contributed by atoms with Crippen molar-refractivity contribution in [2.24, 2.45) is 0 Å². The summed E-state index contributed by atoms with van der Waals surface area (Å²) in [7, 11) is 1.87. The fourth-order valence-electron chi connectivity index (χ4n) is 2.31. The summed E-state index contributed by atoms with van der Waals surface area (Å²) in [6.45, 7) is 1.58. The zero-order valence-corrected chi connectivity index (χ0v) is 11.1. The highest BCUT2D eigenvalue weighted by molar-refractivity contribution is 5.44. The first-order valence-corrected chi connectivity index (χ1v) is 6.89. The fraction of sp³-hybridized carbons (Fsp3) is 0.643. The molecule has 1 heterocycles. The van der Waals surface area contributed by atoms with Gasteiger partial charge in [-0.15, -0.1) is 0 Å². The van der Waals surface area contributed by atoms with Gasteiger partial charge >= 0.3 is 0 Å². The highest BCUT2D eigenvalue weighted by Crippen LogP contribution is 2.20. The second-order valence-corrected chi connectivity index (χ2v) is 4.72. The van der Waals surface area contributed by atoms with E-state index in [9.17, 15) is 0 Å². The van der Waals surface area contributed by atoms with Gasteiger partial charge in [0.05, 0.1) is 12.7 Å². The predicted octanol–water partition coefficient (Wildman–Crippen LogP) is 2.88. The smallest absolute Gasteiger partial charge is 0.128 e. The predicted molar refractivity (Wildman–Crippen MR) is 75.1 cm³/mol. The first-order valence-electron chi connectivity index (χ1n) is 6.89. The number of rotatable bonds is 6. The summed E-state index contributed by atoms with van der Waals surface area (Å²) in [4.78, 5) is 4.40. The molecule has 2 N–H and O–H groups in total. The lowest BCUT2D eigenvalue weighted by atomic mass is 9.98. The van der Waals surface area contributed by atoms with E-state index in [2.05, 4.69) is 15.6 Å². The van der Waals surface area contributed by atoms with Crippen molar-refractivity contribution in [3.63, 3.8) is 0 Å². The Balaban J connectivity index is 1.65. The molecule has 0 amide bonds. The molecule has 100 valence electrons. The normalized spacial score (nSPS) is 16.5. The van der Waals surface area contributed by atoms with E-state index >= 15 is 0 Å². The third kappa shape index (κ3) is 4.18. The molecule has 0 bridgehead atoms. The zero-order valence-electron chi connectivity index (χ0n) is 11.1. The summed E-state index contributed by atoms with van der Waals surface area (Å²) in [5, 5.41) is 6.31. The van der Waals surface area contributed by atoms with Crippen LogP contribution in [0.2, 0.25) is 0 Å². The molecular weight excluding hydrogens is 226 g/mol. The Bertz CT molecular complexity index is 351. The van der Waals surface area contributed by atoms with Crippen molar-refractivity contribution >= 4 is 11.6 Å². The molecule has 0 saturated heterocycles. The second-order valence-electron chi connectivity index (χ2n) is 4.72. The van der Waals surface area contributed by atoms with Gasteiger partial charge in [-0.05, 0) is 25.0 Å². The van der Waals surface area contributed by atoms with Gasteiger partial charge in [-0.1, -0.05) is 25.3 Å². The van der Waals surface area contributed by atoms with Crippen molar-refractivity contribution in [2.45, 2.75) is 38.2 Å². The minimum absolute atomic E-state index is 0.483. The maximum atomic E-state index is 5.86. The lowest BCUT2D eigenvalue weighted by molar-refractivity contribution is 0.0347. The van der Waals surface area contributed by atoms with Gasteiger partial charge in [-0.3, -0.25) is 0 Å². The van der Waals surface area contributed by atoms with Crippen LogP contribution in [0, 0.1) is 0 Å². The lowest BCUT2D eigenvalue weighted by Gasteiger charge is -2.22. The Labute approximate surface area is 109 Å². The number of aromatic nitrogens is 1. The van der Waals surface area contributed by atoms with Crippen molar-refractivity contribution in [3.05, 3.63) is 18.2 Å². The topological polar surface area (TPSA) is 46.2 Å². The van der Waals surface area contributed by atoms with E-state index < -0.39 is 0 Å². The second kappa shape index (κ2) is 7.21. The van der Waals surface area contributed by atoms with Gasteiger partial charge in [-0.2, -0.15) is 0 Å². The van der Waals surface area contributed by atoms with Crippen LogP contribution in [-0.2, 0) is 4.74 Å². The summed E-state index contributed by atoms with van der Waals surface area (Å²) in [6, 6.07) is 5.91. The van der Waals surface area contributed by atoms with Gasteiger partial charge in [-0.25, -0.2) is 4.98 Å². The number of anilines is 2. The average Bonchev–Trinajstić information content (AvgIpc) is 2.45. The van der Waals surface area contributed by atoms with Crippen LogP contribution in [0.3, 0.4) is 0 Å². The highest BCUT2D eigenvalue weighted by atomic mass is 16.5. The zero-order chi connectivity index (χ0) is 12.6. The number of nitrogens with one attached hydrogen (secondary N) is 2. The van der Waals surface area contributed by atoms with Crippen molar-refractivity contribution in [1.82, 2.24) is 4.98 Å².